The molecule has 4 heteroatoms. The minimum Gasteiger partial charge on any atom is -0.497 e. The van der Waals surface area contributed by atoms with E-state index in [2.05, 4.69) is 18.0 Å². The molecule has 4 nitrogen and oxygen atoms in total. The van der Waals surface area contributed by atoms with Crippen LogP contribution in [0.5, 0.6) is 5.75 Å². The molecule has 0 amide bonds. The summed E-state index contributed by atoms with van der Waals surface area (Å²) < 4.78 is 5.23. The van der Waals surface area contributed by atoms with Gasteiger partial charge in [-0.2, -0.15) is 0 Å². The molecule has 1 aromatic carbocycles. The summed E-state index contributed by atoms with van der Waals surface area (Å²) in [6, 6.07) is 8.03. The molecule has 0 fully saturated rings. The molecule has 1 atom stereocenters. The van der Waals surface area contributed by atoms with E-state index >= 15 is 0 Å². The number of likely N-dealkylation sites (N-methyl/N-ethyl adjacent to an activating group) is 1. The highest BCUT2D eigenvalue weighted by molar-refractivity contribution is 5.81. The summed E-state index contributed by atoms with van der Waals surface area (Å²) in [5.74, 6) is 1.45. The zero-order valence-electron chi connectivity index (χ0n) is 9.90. The van der Waals surface area contributed by atoms with Gasteiger partial charge in [0.15, 0.2) is 5.96 Å². The van der Waals surface area contributed by atoms with Gasteiger partial charge in [0.25, 0.3) is 0 Å². The van der Waals surface area contributed by atoms with Crippen LogP contribution in [0.3, 0.4) is 0 Å². The van der Waals surface area contributed by atoms with Gasteiger partial charge in [-0.15, -0.1) is 0 Å². The van der Waals surface area contributed by atoms with Crippen molar-refractivity contribution in [1.82, 2.24) is 4.90 Å². The Kier molecular flexibility index (Phi) is 2.50. The molecule has 1 aliphatic heterocycles. The number of rotatable bonds is 2. The van der Waals surface area contributed by atoms with Gasteiger partial charge >= 0.3 is 0 Å². The van der Waals surface area contributed by atoms with Gasteiger partial charge in [-0.3, -0.25) is 4.99 Å². The van der Waals surface area contributed by atoms with Gasteiger partial charge in [0.05, 0.1) is 19.2 Å². The zero-order chi connectivity index (χ0) is 11.8. The van der Waals surface area contributed by atoms with E-state index in [1.54, 1.807) is 7.11 Å². The molecule has 2 rings (SSSR count). The molecule has 2 N–H and O–H groups in total. The van der Waals surface area contributed by atoms with E-state index in [1.165, 1.54) is 5.56 Å². The lowest BCUT2D eigenvalue weighted by Gasteiger charge is -2.33. The number of benzene rings is 1. The highest BCUT2D eigenvalue weighted by atomic mass is 16.5. The normalized spacial score (nSPS) is 24.4. The van der Waals surface area contributed by atoms with E-state index < -0.39 is 0 Å². The monoisotopic (exact) mass is 219 g/mol. The van der Waals surface area contributed by atoms with Crippen LogP contribution in [0.4, 0.5) is 0 Å². The van der Waals surface area contributed by atoms with Crippen molar-refractivity contribution in [3.05, 3.63) is 29.8 Å². The van der Waals surface area contributed by atoms with Crippen molar-refractivity contribution in [3.63, 3.8) is 0 Å². The second-order valence-electron chi connectivity index (χ2n) is 4.24. The second kappa shape index (κ2) is 3.70. The molecule has 0 saturated heterocycles. The fourth-order valence-electron chi connectivity index (χ4n) is 1.94. The molecule has 0 aromatic heterocycles. The van der Waals surface area contributed by atoms with Gasteiger partial charge < -0.3 is 15.4 Å². The van der Waals surface area contributed by atoms with Crippen LogP contribution in [0.1, 0.15) is 12.5 Å². The number of methoxy groups -OCH3 is 1. The first-order valence-corrected chi connectivity index (χ1v) is 5.26. The number of ether oxygens (including phenoxy) is 1. The van der Waals surface area contributed by atoms with Crippen molar-refractivity contribution >= 4 is 5.96 Å². The lowest BCUT2D eigenvalue weighted by molar-refractivity contribution is 0.266. The number of hydrogen-bond donors (Lipinski definition) is 1. The van der Waals surface area contributed by atoms with Gasteiger partial charge in [0.2, 0.25) is 0 Å². The predicted octanol–water partition coefficient (Wildman–Crippen LogP) is 1.17. The molecule has 1 heterocycles. The first-order valence-electron chi connectivity index (χ1n) is 5.26. The molecule has 1 aliphatic rings. The van der Waals surface area contributed by atoms with Crippen LogP contribution in [0.25, 0.3) is 0 Å². The van der Waals surface area contributed by atoms with Gasteiger partial charge in [-0.25, -0.2) is 0 Å². The molecule has 0 radical (unpaired) electrons. The number of nitrogens with zero attached hydrogens (tertiary/aromatic N) is 2. The summed E-state index contributed by atoms with van der Waals surface area (Å²) in [4.78, 5) is 6.28. The molecule has 86 valence electrons. The Morgan fingerprint density at radius 1 is 1.50 bits per heavy atom. The molecular formula is C12H17N3O. The first-order chi connectivity index (χ1) is 7.58. The van der Waals surface area contributed by atoms with Crippen molar-refractivity contribution in [2.45, 2.75) is 12.5 Å². The number of aliphatic imine (C=N–C) groups is 1. The summed E-state index contributed by atoms with van der Waals surface area (Å²) in [5.41, 5.74) is 6.80. The van der Waals surface area contributed by atoms with E-state index in [0.29, 0.717) is 12.5 Å². The third-order valence-electron chi connectivity index (χ3n) is 3.32. The van der Waals surface area contributed by atoms with Crippen LogP contribution in [0, 0.1) is 0 Å². The molecule has 0 aliphatic carbocycles. The summed E-state index contributed by atoms with van der Waals surface area (Å²) in [5, 5.41) is 0. The largest absolute Gasteiger partial charge is 0.497 e. The van der Waals surface area contributed by atoms with Crippen LogP contribution in [-0.4, -0.2) is 31.6 Å². The first kappa shape index (κ1) is 10.8. The van der Waals surface area contributed by atoms with Crippen LogP contribution in [0.15, 0.2) is 29.3 Å². The lowest BCUT2D eigenvalue weighted by atomic mass is 9.91. The standard InChI is InChI=1S/C12H17N3O/c1-12(8-14-11(13)15(12)2)9-5-4-6-10(7-9)16-3/h4-7H,8H2,1-3H3,(H2,13,14). The zero-order valence-corrected chi connectivity index (χ0v) is 9.90. The van der Waals surface area contributed by atoms with Gasteiger partial charge in [0.1, 0.15) is 5.75 Å². The quantitative estimate of drug-likeness (QED) is 0.812. The van der Waals surface area contributed by atoms with E-state index in [1.807, 2.05) is 30.1 Å². The molecule has 0 spiro atoms. The fraction of sp³-hybridized carbons (Fsp3) is 0.417. The number of guanidine groups is 1. The van der Waals surface area contributed by atoms with Gasteiger partial charge in [-0.05, 0) is 24.6 Å². The minimum absolute atomic E-state index is 0.168. The lowest BCUT2D eigenvalue weighted by Crippen LogP contribution is -2.44. The average Bonchev–Trinajstić information content (AvgIpc) is 2.59. The maximum Gasteiger partial charge on any atom is 0.191 e. The Hall–Kier alpha value is -1.71. The molecule has 1 unspecified atom stereocenters. The highest BCUT2D eigenvalue weighted by Gasteiger charge is 2.37. The Bertz CT molecular complexity index is 430. The van der Waals surface area contributed by atoms with Crippen molar-refractivity contribution in [3.8, 4) is 5.75 Å². The Balaban J connectivity index is 2.37. The predicted molar refractivity (Wildman–Crippen MR) is 64.6 cm³/mol. The maximum absolute atomic E-state index is 5.81. The average molecular weight is 219 g/mol. The Morgan fingerprint density at radius 2 is 2.25 bits per heavy atom. The van der Waals surface area contributed by atoms with Crippen LogP contribution in [-0.2, 0) is 5.54 Å². The summed E-state index contributed by atoms with van der Waals surface area (Å²) in [7, 11) is 3.63. The molecule has 16 heavy (non-hydrogen) atoms. The summed E-state index contributed by atoms with van der Waals surface area (Å²) in [6.07, 6.45) is 0. The molecule has 1 aromatic rings. The van der Waals surface area contributed by atoms with Crippen molar-refractivity contribution in [2.75, 3.05) is 20.7 Å². The van der Waals surface area contributed by atoms with Crippen molar-refractivity contribution in [2.24, 2.45) is 10.7 Å². The minimum atomic E-state index is -0.168. The van der Waals surface area contributed by atoms with Crippen LogP contribution >= 0.6 is 0 Å². The molecule has 0 bridgehead atoms. The van der Waals surface area contributed by atoms with E-state index in [4.69, 9.17) is 10.5 Å². The smallest absolute Gasteiger partial charge is 0.191 e. The van der Waals surface area contributed by atoms with Crippen LogP contribution < -0.4 is 10.5 Å². The molecular weight excluding hydrogens is 202 g/mol. The Morgan fingerprint density at radius 3 is 2.81 bits per heavy atom. The number of nitrogens with two attached hydrogens (primary N) is 1. The summed E-state index contributed by atoms with van der Waals surface area (Å²) in [6.45, 7) is 2.81. The third kappa shape index (κ3) is 1.50. The fourth-order valence-corrected chi connectivity index (χ4v) is 1.94. The second-order valence-corrected chi connectivity index (χ2v) is 4.24. The molecule has 0 saturated carbocycles. The Labute approximate surface area is 95.7 Å². The highest BCUT2D eigenvalue weighted by Crippen LogP contribution is 2.32. The van der Waals surface area contributed by atoms with E-state index in [0.717, 1.165) is 5.75 Å². The van der Waals surface area contributed by atoms with Crippen molar-refractivity contribution in [1.29, 1.82) is 0 Å². The van der Waals surface area contributed by atoms with Crippen LogP contribution in [0.2, 0.25) is 0 Å². The van der Waals surface area contributed by atoms with E-state index in [-0.39, 0.29) is 5.54 Å². The third-order valence-corrected chi connectivity index (χ3v) is 3.32. The topological polar surface area (TPSA) is 50.9 Å². The van der Waals surface area contributed by atoms with Gasteiger partial charge in [-0.1, -0.05) is 12.1 Å². The number of hydrogen-bond acceptors (Lipinski definition) is 4. The van der Waals surface area contributed by atoms with E-state index in [9.17, 15) is 0 Å². The maximum atomic E-state index is 5.81. The van der Waals surface area contributed by atoms with Gasteiger partial charge in [0, 0.05) is 7.05 Å². The SMILES string of the molecule is COc1cccc(C2(C)CN=C(N)N2C)c1. The summed E-state index contributed by atoms with van der Waals surface area (Å²) >= 11 is 0. The van der Waals surface area contributed by atoms with Crippen molar-refractivity contribution < 1.29 is 4.74 Å².